The van der Waals surface area contributed by atoms with Gasteiger partial charge in [-0.05, 0) is 127 Å². The van der Waals surface area contributed by atoms with E-state index in [1.165, 1.54) is 43.8 Å². The second kappa shape index (κ2) is 15.7. The molecule has 0 radical (unpaired) electrons. The van der Waals surface area contributed by atoms with E-state index >= 15 is 0 Å². The van der Waals surface area contributed by atoms with Crippen LogP contribution in [0.3, 0.4) is 0 Å². The summed E-state index contributed by atoms with van der Waals surface area (Å²) in [5.74, 6) is 0.636. The Morgan fingerprint density at radius 2 is 0.797 bits per heavy atom. The molecule has 0 atom stereocenters. The summed E-state index contributed by atoms with van der Waals surface area (Å²) >= 11 is 0. The molecule has 0 amide bonds. The lowest BCUT2D eigenvalue weighted by atomic mass is 9.97. The van der Waals surface area contributed by atoms with Crippen LogP contribution in [0.4, 0.5) is 17.1 Å². The second-order valence-corrected chi connectivity index (χ2v) is 16.4. The lowest BCUT2D eigenvalue weighted by molar-refractivity contribution is 0.620. The van der Waals surface area contributed by atoms with Crippen LogP contribution >= 0.6 is 0 Å². The van der Waals surface area contributed by atoms with E-state index in [2.05, 4.69) is 241 Å². The van der Waals surface area contributed by atoms with Crippen LogP contribution in [0.5, 0.6) is 0 Å². The molecule has 0 bridgehead atoms. The number of rotatable bonds is 8. The number of oxazole rings is 1. The molecule has 64 heavy (non-hydrogen) atoms. The number of anilines is 3. The third-order valence-electron chi connectivity index (χ3n) is 12.5. The molecule has 1 aromatic heterocycles. The molecule has 300 valence electrons. The second-order valence-electron chi connectivity index (χ2n) is 16.4. The first-order chi connectivity index (χ1) is 31.7. The third kappa shape index (κ3) is 6.86. The molecule has 0 saturated heterocycles. The molecule has 0 spiro atoms. The Labute approximate surface area is 371 Å². The molecule has 3 heteroatoms. The highest BCUT2D eigenvalue weighted by Gasteiger charge is 2.18. The predicted octanol–water partition coefficient (Wildman–Crippen LogP) is 17.1. The average Bonchev–Trinajstić information content (AvgIpc) is 3.82. The maximum Gasteiger partial charge on any atom is 0.227 e. The maximum absolute atomic E-state index is 6.29. The fraction of sp³-hybridized carbons (Fsp3) is 0. The van der Waals surface area contributed by atoms with Gasteiger partial charge >= 0.3 is 0 Å². The summed E-state index contributed by atoms with van der Waals surface area (Å²) in [7, 11) is 0. The van der Waals surface area contributed by atoms with Crippen molar-refractivity contribution >= 4 is 60.5 Å². The zero-order valence-electron chi connectivity index (χ0n) is 34.9. The standard InChI is InChI=1S/C61H40N2O/c1-3-11-41(12-4-1)48-24-25-51-40-55(34-29-50(51)37-48)63(58-18-10-9-17-56(58)46-14-5-2-6-15-46)54-32-27-44(28-33-54)43-19-21-45(22-20-43)49-30-35-57-52(38-49)31-36-59-60(57)62-61(64-59)53-26-23-42-13-7-8-16-47(42)39-53/h1-40H. The number of nitrogens with zero attached hydrogens (tertiary/aromatic N) is 2. The van der Waals surface area contributed by atoms with Gasteiger partial charge in [-0.3, -0.25) is 0 Å². The van der Waals surface area contributed by atoms with Crippen LogP contribution in [0.15, 0.2) is 247 Å². The number of hydrogen-bond donors (Lipinski definition) is 0. The number of hydrogen-bond acceptors (Lipinski definition) is 3. The van der Waals surface area contributed by atoms with Gasteiger partial charge in [-0.1, -0.05) is 182 Å². The Bertz CT molecular complexity index is 3650. The molecule has 0 unspecified atom stereocenters. The SMILES string of the molecule is c1ccc(-c2ccc3cc(N(c4ccc(-c5ccc(-c6ccc7c(ccc8oc(-c9ccc%10ccccc%10c9)nc87)c6)cc5)cc4)c4ccccc4-c4ccccc4)ccc3c2)cc1. The average molecular weight is 817 g/mol. The van der Waals surface area contributed by atoms with Crippen molar-refractivity contribution < 1.29 is 4.42 Å². The fourth-order valence-corrected chi connectivity index (χ4v) is 9.14. The van der Waals surface area contributed by atoms with Crippen molar-refractivity contribution in [1.29, 1.82) is 0 Å². The molecule has 12 aromatic rings. The minimum absolute atomic E-state index is 0.636. The van der Waals surface area contributed by atoms with E-state index in [0.29, 0.717) is 5.89 Å². The summed E-state index contributed by atoms with van der Waals surface area (Å²) in [5.41, 5.74) is 15.4. The molecule has 11 aromatic carbocycles. The minimum Gasteiger partial charge on any atom is -0.436 e. The summed E-state index contributed by atoms with van der Waals surface area (Å²) in [4.78, 5) is 7.38. The monoisotopic (exact) mass is 816 g/mol. The van der Waals surface area contributed by atoms with Crippen LogP contribution in [-0.2, 0) is 0 Å². The Hall–Kier alpha value is -8.53. The molecule has 0 saturated carbocycles. The highest BCUT2D eigenvalue weighted by Crippen LogP contribution is 2.43. The Balaban J connectivity index is 0.852. The van der Waals surface area contributed by atoms with Gasteiger partial charge in [0.25, 0.3) is 0 Å². The van der Waals surface area contributed by atoms with Crippen LogP contribution in [0.1, 0.15) is 0 Å². The first kappa shape index (κ1) is 37.2. The molecule has 0 aliphatic carbocycles. The van der Waals surface area contributed by atoms with Gasteiger partial charge in [-0.2, -0.15) is 0 Å². The van der Waals surface area contributed by atoms with E-state index in [1.54, 1.807) is 0 Å². The Morgan fingerprint density at radius 1 is 0.312 bits per heavy atom. The van der Waals surface area contributed by atoms with Crippen molar-refractivity contribution in [2.75, 3.05) is 4.90 Å². The van der Waals surface area contributed by atoms with Gasteiger partial charge in [0.2, 0.25) is 5.89 Å². The molecule has 0 N–H and O–H groups in total. The zero-order chi connectivity index (χ0) is 42.4. The fourth-order valence-electron chi connectivity index (χ4n) is 9.14. The smallest absolute Gasteiger partial charge is 0.227 e. The van der Waals surface area contributed by atoms with E-state index in [9.17, 15) is 0 Å². The van der Waals surface area contributed by atoms with Crippen molar-refractivity contribution in [3.63, 3.8) is 0 Å². The summed E-state index contributed by atoms with van der Waals surface area (Å²) in [5, 5.41) is 6.98. The lowest BCUT2D eigenvalue weighted by Gasteiger charge is -2.28. The van der Waals surface area contributed by atoms with Crippen LogP contribution in [0.25, 0.3) is 99.4 Å². The Kier molecular flexibility index (Phi) is 9.16. The number of fused-ring (bicyclic) bond motifs is 5. The largest absolute Gasteiger partial charge is 0.436 e. The molecular weight excluding hydrogens is 777 g/mol. The topological polar surface area (TPSA) is 29.3 Å². The van der Waals surface area contributed by atoms with Gasteiger partial charge in [0, 0.05) is 27.9 Å². The molecule has 0 aliphatic rings. The summed E-state index contributed by atoms with van der Waals surface area (Å²) in [6.07, 6.45) is 0. The predicted molar refractivity (Wildman–Crippen MR) is 268 cm³/mol. The highest BCUT2D eigenvalue weighted by atomic mass is 16.3. The van der Waals surface area contributed by atoms with Crippen molar-refractivity contribution in [1.82, 2.24) is 4.98 Å². The van der Waals surface area contributed by atoms with Crippen molar-refractivity contribution in [3.05, 3.63) is 243 Å². The van der Waals surface area contributed by atoms with Crippen LogP contribution in [0.2, 0.25) is 0 Å². The highest BCUT2D eigenvalue weighted by molar-refractivity contribution is 6.05. The number of para-hydroxylation sites is 1. The van der Waals surface area contributed by atoms with Crippen molar-refractivity contribution in [2.45, 2.75) is 0 Å². The van der Waals surface area contributed by atoms with Gasteiger partial charge in [0.15, 0.2) is 5.58 Å². The van der Waals surface area contributed by atoms with E-state index < -0.39 is 0 Å². The molecule has 12 rings (SSSR count). The molecule has 0 fully saturated rings. The van der Waals surface area contributed by atoms with E-state index in [4.69, 9.17) is 9.40 Å². The van der Waals surface area contributed by atoms with E-state index in [-0.39, 0.29) is 0 Å². The first-order valence-electron chi connectivity index (χ1n) is 21.8. The van der Waals surface area contributed by atoms with E-state index in [0.717, 1.165) is 66.8 Å². The number of benzene rings is 11. The zero-order valence-corrected chi connectivity index (χ0v) is 34.9. The lowest BCUT2D eigenvalue weighted by Crippen LogP contribution is -2.11. The summed E-state index contributed by atoms with van der Waals surface area (Å²) in [6.45, 7) is 0. The molecule has 1 heterocycles. The van der Waals surface area contributed by atoms with Crippen LogP contribution in [-0.4, -0.2) is 4.98 Å². The minimum atomic E-state index is 0.636. The van der Waals surface area contributed by atoms with Gasteiger partial charge < -0.3 is 9.32 Å². The first-order valence-corrected chi connectivity index (χ1v) is 21.8. The quantitative estimate of drug-likeness (QED) is 0.153. The third-order valence-corrected chi connectivity index (χ3v) is 12.5. The molecule has 0 aliphatic heterocycles. The van der Waals surface area contributed by atoms with Gasteiger partial charge in [-0.25, -0.2) is 4.98 Å². The Morgan fingerprint density at radius 3 is 1.58 bits per heavy atom. The summed E-state index contributed by atoms with van der Waals surface area (Å²) < 4.78 is 6.29. The van der Waals surface area contributed by atoms with E-state index in [1.807, 2.05) is 6.07 Å². The molecular formula is C61H40N2O. The van der Waals surface area contributed by atoms with Gasteiger partial charge in [-0.15, -0.1) is 0 Å². The molecule has 3 nitrogen and oxygen atoms in total. The van der Waals surface area contributed by atoms with Gasteiger partial charge in [0.1, 0.15) is 5.52 Å². The van der Waals surface area contributed by atoms with Gasteiger partial charge in [0.05, 0.1) is 5.69 Å². The van der Waals surface area contributed by atoms with Crippen LogP contribution in [0, 0.1) is 0 Å². The number of aromatic nitrogens is 1. The maximum atomic E-state index is 6.29. The van der Waals surface area contributed by atoms with Crippen LogP contribution < -0.4 is 4.90 Å². The summed E-state index contributed by atoms with van der Waals surface area (Å²) in [6, 6.07) is 86.8. The van der Waals surface area contributed by atoms with Crippen molar-refractivity contribution in [2.24, 2.45) is 0 Å². The normalized spacial score (nSPS) is 11.4. The van der Waals surface area contributed by atoms with Crippen molar-refractivity contribution in [3.8, 4) is 56.0 Å².